The molecule has 8 heteroatoms. The van der Waals surface area contributed by atoms with Crippen molar-refractivity contribution >= 4 is 33.7 Å². The fourth-order valence-corrected chi connectivity index (χ4v) is 2.30. The van der Waals surface area contributed by atoms with Gasteiger partial charge in [-0.2, -0.15) is 0 Å². The van der Waals surface area contributed by atoms with E-state index in [0.717, 1.165) is 5.69 Å². The van der Waals surface area contributed by atoms with Gasteiger partial charge < -0.3 is 9.47 Å². The monoisotopic (exact) mass is 392 g/mol. The summed E-state index contributed by atoms with van der Waals surface area (Å²) >= 11 is 3.26. The van der Waals surface area contributed by atoms with Crippen LogP contribution in [0.2, 0.25) is 0 Å². The van der Waals surface area contributed by atoms with Crippen molar-refractivity contribution in [2.75, 3.05) is 7.11 Å². The Morgan fingerprint density at radius 1 is 1.29 bits per heavy atom. The minimum absolute atomic E-state index is 0.0709. The number of benzene rings is 1. The second-order valence-corrected chi connectivity index (χ2v) is 5.44. The van der Waals surface area contributed by atoms with Crippen LogP contribution in [0.15, 0.2) is 41.0 Å². The molecule has 7 nitrogen and oxygen atoms in total. The zero-order valence-electron chi connectivity index (χ0n) is 12.9. The van der Waals surface area contributed by atoms with E-state index >= 15 is 0 Å². The zero-order valence-corrected chi connectivity index (χ0v) is 14.4. The average molecular weight is 393 g/mol. The SMILES string of the molecule is COC(=O)/C=C/c1ccc(Oc2ccc(C)nc2Br)c([N+](=O)[O-])c1. The van der Waals surface area contributed by atoms with Gasteiger partial charge in [0.15, 0.2) is 5.75 Å². The predicted octanol–water partition coefficient (Wildman–Crippen LogP) is 4.04. The minimum atomic E-state index is -0.555. The minimum Gasteiger partial charge on any atom is -0.466 e. The number of nitrogens with zero attached hydrogens (tertiary/aromatic N) is 2. The zero-order chi connectivity index (χ0) is 17.7. The van der Waals surface area contributed by atoms with Crippen LogP contribution in [-0.2, 0) is 9.53 Å². The van der Waals surface area contributed by atoms with Crippen LogP contribution in [0.25, 0.3) is 6.08 Å². The average Bonchev–Trinajstić information content (AvgIpc) is 2.55. The second-order valence-electron chi connectivity index (χ2n) is 4.68. The fourth-order valence-electron chi connectivity index (χ4n) is 1.81. The Morgan fingerprint density at radius 2 is 2.00 bits per heavy atom. The van der Waals surface area contributed by atoms with Crippen LogP contribution in [0.3, 0.4) is 0 Å². The third kappa shape index (κ3) is 4.39. The molecule has 0 spiro atoms. The highest BCUT2D eigenvalue weighted by Crippen LogP contribution is 2.35. The summed E-state index contributed by atoms with van der Waals surface area (Å²) in [5.41, 5.74) is 1.03. The van der Waals surface area contributed by atoms with Crippen LogP contribution in [0.1, 0.15) is 11.3 Å². The van der Waals surface area contributed by atoms with E-state index in [1.807, 2.05) is 6.92 Å². The van der Waals surface area contributed by atoms with Gasteiger partial charge in [0, 0.05) is 17.8 Å². The highest BCUT2D eigenvalue weighted by Gasteiger charge is 2.17. The number of ether oxygens (including phenoxy) is 2. The van der Waals surface area contributed by atoms with Gasteiger partial charge in [-0.15, -0.1) is 0 Å². The Balaban J connectivity index is 2.34. The van der Waals surface area contributed by atoms with Gasteiger partial charge in [-0.3, -0.25) is 10.1 Å². The van der Waals surface area contributed by atoms with Gasteiger partial charge in [-0.25, -0.2) is 9.78 Å². The number of rotatable bonds is 5. The molecular weight excluding hydrogens is 380 g/mol. The molecule has 2 rings (SSSR count). The molecule has 0 amide bonds. The standard InChI is InChI=1S/C16H13BrN2O5/c1-10-3-6-14(16(17)18-10)24-13-7-4-11(5-8-15(20)23-2)9-12(13)19(21)22/h3-9H,1-2H3/b8-5+. The van der Waals surface area contributed by atoms with Crippen LogP contribution in [0.5, 0.6) is 11.5 Å². The number of nitro groups is 1. The number of hydrogen-bond acceptors (Lipinski definition) is 6. The number of methoxy groups -OCH3 is 1. The molecule has 0 bridgehead atoms. The van der Waals surface area contributed by atoms with Crippen molar-refractivity contribution in [1.82, 2.24) is 4.98 Å². The first-order valence-corrected chi connectivity index (χ1v) is 7.55. The predicted molar refractivity (Wildman–Crippen MR) is 90.9 cm³/mol. The Bertz CT molecular complexity index is 820. The molecule has 24 heavy (non-hydrogen) atoms. The molecule has 0 atom stereocenters. The first-order chi connectivity index (χ1) is 11.4. The number of aryl methyl sites for hydroxylation is 1. The van der Waals surface area contributed by atoms with Crippen molar-refractivity contribution in [3.05, 3.63) is 62.4 Å². The van der Waals surface area contributed by atoms with E-state index in [-0.39, 0.29) is 11.4 Å². The molecule has 0 aliphatic carbocycles. The molecular formula is C16H13BrN2O5. The Kier molecular flexibility index (Phi) is 5.64. The van der Waals surface area contributed by atoms with Crippen molar-refractivity contribution in [1.29, 1.82) is 0 Å². The van der Waals surface area contributed by atoms with Crippen molar-refractivity contribution in [3.8, 4) is 11.5 Å². The molecule has 0 radical (unpaired) electrons. The van der Waals surface area contributed by atoms with Crippen molar-refractivity contribution in [2.24, 2.45) is 0 Å². The lowest BCUT2D eigenvalue weighted by Crippen LogP contribution is -1.96. The maximum atomic E-state index is 11.3. The Hall–Kier alpha value is -2.74. The molecule has 124 valence electrons. The topological polar surface area (TPSA) is 91.6 Å². The summed E-state index contributed by atoms with van der Waals surface area (Å²) in [6, 6.07) is 7.77. The smallest absolute Gasteiger partial charge is 0.330 e. The number of esters is 1. The summed E-state index contributed by atoms with van der Waals surface area (Å²) in [4.78, 5) is 26.0. The van der Waals surface area contributed by atoms with Gasteiger partial charge in [0.2, 0.25) is 5.75 Å². The molecule has 0 unspecified atom stereocenters. The quantitative estimate of drug-likeness (QED) is 0.250. The largest absolute Gasteiger partial charge is 0.466 e. The van der Waals surface area contributed by atoms with E-state index in [1.165, 1.54) is 31.4 Å². The summed E-state index contributed by atoms with van der Waals surface area (Å²) < 4.78 is 10.5. The summed E-state index contributed by atoms with van der Waals surface area (Å²) in [5.74, 6) is -0.115. The van der Waals surface area contributed by atoms with Crippen LogP contribution in [0.4, 0.5) is 5.69 Å². The molecule has 0 N–H and O–H groups in total. The lowest BCUT2D eigenvalue weighted by Gasteiger charge is -2.08. The molecule has 1 heterocycles. The van der Waals surface area contributed by atoms with E-state index in [4.69, 9.17) is 4.74 Å². The van der Waals surface area contributed by atoms with Gasteiger partial charge in [0.05, 0.1) is 12.0 Å². The number of carbonyl (C=O) groups is 1. The van der Waals surface area contributed by atoms with Crippen molar-refractivity contribution in [3.63, 3.8) is 0 Å². The fraction of sp³-hybridized carbons (Fsp3) is 0.125. The lowest BCUT2D eigenvalue weighted by molar-refractivity contribution is -0.385. The molecule has 0 saturated heterocycles. The third-order valence-corrected chi connectivity index (χ3v) is 3.53. The number of pyridine rings is 1. The molecule has 0 fully saturated rings. The molecule has 2 aromatic rings. The van der Waals surface area contributed by atoms with E-state index in [2.05, 4.69) is 25.7 Å². The second kappa shape index (κ2) is 7.69. The lowest BCUT2D eigenvalue weighted by atomic mass is 10.1. The molecule has 1 aromatic carbocycles. The third-order valence-electron chi connectivity index (χ3n) is 2.97. The van der Waals surface area contributed by atoms with Crippen LogP contribution in [-0.4, -0.2) is 23.0 Å². The Labute approximate surface area is 146 Å². The highest BCUT2D eigenvalue weighted by molar-refractivity contribution is 9.10. The summed E-state index contributed by atoms with van der Waals surface area (Å²) in [5, 5.41) is 11.3. The number of hydrogen-bond donors (Lipinski definition) is 0. The Morgan fingerprint density at radius 3 is 2.62 bits per heavy atom. The van der Waals surface area contributed by atoms with Gasteiger partial charge in [0.25, 0.3) is 0 Å². The number of halogens is 1. The molecule has 0 aliphatic heterocycles. The highest BCUT2D eigenvalue weighted by atomic mass is 79.9. The van der Waals surface area contributed by atoms with E-state index in [1.54, 1.807) is 18.2 Å². The number of aromatic nitrogens is 1. The van der Waals surface area contributed by atoms with E-state index in [0.29, 0.717) is 15.9 Å². The van der Waals surface area contributed by atoms with Crippen molar-refractivity contribution in [2.45, 2.75) is 6.92 Å². The summed E-state index contributed by atoms with van der Waals surface area (Å²) in [6.45, 7) is 1.82. The maximum Gasteiger partial charge on any atom is 0.330 e. The molecule has 0 aliphatic rings. The van der Waals surface area contributed by atoms with E-state index < -0.39 is 10.9 Å². The first kappa shape index (κ1) is 17.6. The first-order valence-electron chi connectivity index (χ1n) is 6.76. The van der Waals surface area contributed by atoms with E-state index in [9.17, 15) is 14.9 Å². The van der Waals surface area contributed by atoms with Crippen LogP contribution in [0, 0.1) is 17.0 Å². The number of nitro benzene ring substituents is 1. The van der Waals surface area contributed by atoms with Crippen LogP contribution >= 0.6 is 15.9 Å². The van der Waals surface area contributed by atoms with Crippen molar-refractivity contribution < 1.29 is 19.2 Å². The summed E-state index contributed by atoms with van der Waals surface area (Å²) in [6.07, 6.45) is 2.60. The maximum absolute atomic E-state index is 11.3. The van der Waals surface area contributed by atoms with Gasteiger partial charge in [-0.1, -0.05) is 6.07 Å². The van der Waals surface area contributed by atoms with Crippen LogP contribution < -0.4 is 4.74 Å². The van der Waals surface area contributed by atoms with Gasteiger partial charge >= 0.3 is 11.7 Å². The number of carbonyl (C=O) groups excluding carboxylic acids is 1. The van der Waals surface area contributed by atoms with Gasteiger partial charge in [0.1, 0.15) is 4.60 Å². The summed E-state index contributed by atoms with van der Waals surface area (Å²) in [7, 11) is 1.25. The van der Waals surface area contributed by atoms with Gasteiger partial charge in [-0.05, 0) is 52.7 Å². The molecule has 1 aromatic heterocycles. The molecule has 0 saturated carbocycles. The normalized spacial score (nSPS) is 10.6.